The van der Waals surface area contributed by atoms with Gasteiger partial charge in [-0.1, -0.05) is 62.4 Å². The third-order valence-corrected chi connectivity index (χ3v) is 3.16. The predicted octanol–water partition coefficient (Wildman–Crippen LogP) is 3.09. The summed E-state index contributed by atoms with van der Waals surface area (Å²) in [7, 11) is 0. The number of rotatable bonds is 7. The van der Waals surface area contributed by atoms with Gasteiger partial charge < -0.3 is 15.2 Å². The molecule has 0 bridgehead atoms. The van der Waals surface area contributed by atoms with Crippen LogP contribution in [0.4, 0.5) is 0 Å². The summed E-state index contributed by atoms with van der Waals surface area (Å²) >= 11 is 0. The van der Waals surface area contributed by atoms with E-state index < -0.39 is 6.10 Å². The molecule has 3 heteroatoms. The predicted molar refractivity (Wildman–Crippen MR) is 86.5 cm³/mol. The first kappa shape index (κ1) is 15.5. The van der Waals surface area contributed by atoms with Crippen LogP contribution < -0.4 is 10.1 Å². The number of nitrogens with one attached hydrogen (secondary N) is 1. The van der Waals surface area contributed by atoms with E-state index in [0.717, 1.165) is 16.9 Å². The van der Waals surface area contributed by atoms with E-state index in [1.165, 1.54) is 0 Å². The Morgan fingerprint density at radius 2 is 1.67 bits per heavy atom. The minimum atomic E-state index is -0.517. The maximum atomic E-state index is 9.93. The molecule has 2 N–H and O–H groups in total. The van der Waals surface area contributed by atoms with Crippen molar-refractivity contribution in [2.75, 3.05) is 13.2 Å². The molecule has 0 saturated heterocycles. The first-order chi connectivity index (χ1) is 10.2. The molecular weight excluding hydrogens is 262 g/mol. The molecule has 0 aliphatic heterocycles. The van der Waals surface area contributed by atoms with Gasteiger partial charge in [0.05, 0.1) is 0 Å². The van der Waals surface area contributed by atoms with Crippen molar-refractivity contribution < 1.29 is 9.84 Å². The molecule has 0 heterocycles. The normalized spacial score (nSPS) is 12.4. The quantitative estimate of drug-likeness (QED) is 0.821. The average Bonchev–Trinajstić information content (AvgIpc) is 2.52. The van der Waals surface area contributed by atoms with Crippen molar-refractivity contribution in [2.24, 2.45) is 0 Å². The van der Waals surface area contributed by atoms with E-state index in [2.05, 4.69) is 31.3 Å². The van der Waals surface area contributed by atoms with E-state index in [9.17, 15) is 5.11 Å². The lowest BCUT2D eigenvalue weighted by molar-refractivity contribution is 0.105. The molecule has 0 fully saturated rings. The molecule has 0 aliphatic carbocycles. The maximum absolute atomic E-state index is 9.93. The summed E-state index contributed by atoms with van der Waals surface area (Å²) in [5, 5.41) is 13.1. The second kappa shape index (κ2) is 7.81. The van der Waals surface area contributed by atoms with Crippen molar-refractivity contribution in [3.05, 3.63) is 54.6 Å². The fourth-order valence-corrected chi connectivity index (χ4v) is 2.07. The lowest BCUT2D eigenvalue weighted by atomic mass is 10.1. The highest BCUT2D eigenvalue weighted by molar-refractivity contribution is 5.70. The zero-order valence-corrected chi connectivity index (χ0v) is 12.6. The summed E-state index contributed by atoms with van der Waals surface area (Å²) in [6.45, 7) is 4.92. The first-order valence-electron chi connectivity index (χ1n) is 7.35. The minimum Gasteiger partial charge on any atom is -0.490 e. The monoisotopic (exact) mass is 285 g/mol. The zero-order chi connectivity index (χ0) is 15.1. The van der Waals surface area contributed by atoms with Crippen molar-refractivity contribution >= 4 is 0 Å². The molecule has 2 aromatic rings. The number of para-hydroxylation sites is 1. The van der Waals surface area contributed by atoms with Gasteiger partial charge in [-0.2, -0.15) is 0 Å². The van der Waals surface area contributed by atoms with Crippen LogP contribution in [0.25, 0.3) is 11.1 Å². The van der Waals surface area contributed by atoms with E-state index >= 15 is 0 Å². The van der Waals surface area contributed by atoms with Crippen LogP contribution in [0.3, 0.4) is 0 Å². The smallest absolute Gasteiger partial charge is 0.127 e. The largest absolute Gasteiger partial charge is 0.490 e. The van der Waals surface area contributed by atoms with Gasteiger partial charge in [0.2, 0.25) is 0 Å². The van der Waals surface area contributed by atoms with Crippen molar-refractivity contribution in [2.45, 2.75) is 26.0 Å². The standard InChI is InChI=1S/C18H23NO2/c1-14(2)19-12-16(20)13-21-18-11-7-6-10-17(18)15-8-4-3-5-9-15/h3-11,14,16,19-20H,12-13H2,1-2H3. The van der Waals surface area contributed by atoms with Crippen LogP contribution in [0.2, 0.25) is 0 Å². The van der Waals surface area contributed by atoms with E-state index in [0.29, 0.717) is 12.6 Å². The number of ether oxygens (including phenoxy) is 1. The van der Waals surface area contributed by atoms with Gasteiger partial charge in [0, 0.05) is 18.2 Å². The summed E-state index contributed by atoms with van der Waals surface area (Å²) < 4.78 is 5.80. The van der Waals surface area contributed by atoms with Crippen molar-refractivity contribution in [1.82, 2.24) is 5.32 Å². The van der Waals surface area contributed by atoms with Gasteiger partial charge in [-0.3, -0.25) is 0 Å². The molecule has 1 atom stereocenters. The molecule has 2 rings (SSSR count). The van der Waals surface area contributed by atoms with Gasteiger partial charge in [-0.05, 0) is 11.6 Å². The van der Waals surface area contributed by atoms with Crippen LogP contribution in [0.1, 0.15) is 13.8 Å². The van der Waals surface area contributed by atoms with Gasteiger partial charge in [0.25, 0.3) is 0 Å². The highest BCUT2D eigenvalue weighted by Gasteiger charge is 2.09. The highest BCUT2D eigenvalue weighted by atomic mass is 16.5. The second-order valence-electron chi connectivity index (χ2n) is 5.39. The number of aliphatic hydroxyl groups is 1. The maximum Gasteiger partial charge on any atom is 0.127 e. The Hall–Kier alpha value is -1.84. The third kappa shape index (κ3) is 4.88. The van der Waals surface area contributed by atoms with Crippen LogP contribution in [0.15, 0.2) is 54.6 Å². The lowest BCUT2D eigenvalue weighted by Gasteiger charge is -2.16. The van der Waals surface area contributed by atoms with Crippen molar-refractivity contribution in [1.29, 1.82) is 0 Å². The van der Waals surface area contributed by atoms with Crippen LogP contribution in [0, 0.1) is 0 Å². The Kier molecular flexibility index (Phi) is 5.78. The van der Waals surface area contributed by atoms with Crippen molar-refractivity contribution in [3.63, 3.8) is 0 Å². The minimum absolute atomic E-state index is 0.281. The molecule has 21 heavy (non-hydrogen) atoms. The van der Waals surface area contributed by atoms with Crippen molar-refractivity contribution in [3.8, 4) is 16.9 Å². The fourth-order valence-electron chi connectivity index (χ4n) is 2.07. The molecule has 0 aromatic heterocycles. The van der Waals surface area contributed by atoms with Gasteiger partial charge in [0.1, 0.15) is 18.5 Å². The van der Waals surface area contributed by atoms with Gasteiger partial charge in [-0.15, -0.1) is 0 Å². The van der Waals surface area contributed by atoms with Gasteiger partial charge in [0.15, 0.2) is 0 Å². The van der Waals surface area contributed by atoms with E-state index in [4.69, 9.17) is 4.74 Å². The number of hydrogen-bond donors (Lipinski definition) is 2. The molecule has 3 nitrogen and oxygen atoms in total. The lowest BCUT2D eigenvalue weighted by Crippen LogP contribution is -2.35. The van der Waals surface area contributed by atoms with E-state index in [-0.39, 0.29) is 6.61 Å². The van der Waals surface area contributed by atoms with Gasteiger partial charge in [-0.25, -0.2) is 0 Å². The highest BCUT2D eigenvalue weighted by Crippen LogP contribution is 2.29. The van der Waals surface area contributed by atoms with E-state index in [1.807, 2.05) is 42.5 Å². The molecule has 2 aromatic carbocycles. The summed E-state index contributed by atoms with van der Waals surface area (Å²) in [4.78, 5) is 0. The van der Waals surface area contributed by atoms with E-state index in [1.54, 1.807) is 0 Å². The Morgan fingerprint density at radius 1 is 1.00 bits per heavy atom. The van der Waals surface area contributed by atoms with Crippen LogP contribution in [0.5, 0.6) is 5.75 Å². The summed E-state index contributed by atoms with van der Waals surface area (Å²) in [6.07, 6.45) is -0.517. The first-order valence-corrected chi connectivity index (χ1v) is 7.35. The zero-order valence-electron chi connectivity index (χ0n) is 12.6. The second-order valence-corrected chi connectivity index (χ2v) is 5.39. The number of hydrogen-bond acceptors (Lipinski definition) is 3. The fraction of sp³-hybridized carbons (Fsp3) is 0.333. The van der Waals surface area contributed by atoms with Crippen LogP contribution >= 0.6 is 0 Å². The molecule has 1 unspecified atom stereocenters. The molecule has 0 radical (unpaired) electrons. The summed E-state index contributed by atoms with van der Waals surface area (Å²) in [5.41, 5.74) is 2.16. The molecule has 0 saturated carbocycles. The topological polar surface area (TPSA) is 41.5 Å². The molecular formula is C18H23NO2. The Balaban J connectivity index is 2.01. The molecule has 0 aliphatic rings. The third-order valence-electron chi connectivity index (χ3n) is 3.16. The Bertz CT molecular complexity index is 540. The molecule has 112 valence electrons. The summed E-state index contributed by atoms with van der Waals surface area (Å²) in [6, 6.07) is 18.4. The average molecular weight is 285 g/mol. The van der Waals surface area contributed by atoms with Crippen LogP contribution in [-0.4, -0.2) is 30.4 Å². The van der Waals surface area contributed by atoms with Crippen LogP contribution in [-0.2, 0) is 0 Å². The SMILES string of the molecule is CC(C)NCC(O)COc1ccccc1-c1ccccc1. The summed E-state index contributed by atoms with van der Waals surface area (Å²) in [5.74, 6) is 0.798. The Morgan fingerprint density at radius 3 is 2.38 bits per heavy atom. The van der Waals surface area contributed by atoms with Gasteiger partial charge >= 0.3 is 0 Å². The number of benzene rings is 2. The number of aliphatic hydroxyl groups excluding tert-OH is 1. The molecule has 0 spiro atoms. The molecule has 0 amide bonds. The Labute approximate surface area is 126 Å².